The Hall–Kier alpha value is -2.69. The zero-order chi connectivity index (χ0) is 13.2. The van der Waals surface area contributed by atoms with Gasteiger partial charge in [0, 0.05) is 11.3 Å². The molecule has 2 N–H and O–H groups in total. The first-order chi connectivity index (χ1) is 9.22. The van der Waals surface area contributed by atoms with Crippen molar-refractivity contribution in [1.29, 1.82) is 0 Å². The van der Waals surface area contributed by atoms with E-state index in [1.807, 2.05) is 6.07 Å². The molecule has 4 nitrogen and oxygen atoms in total. The minimum Gasteiger partial charge on any atom is -0.345 e. The molecule has 3 aromatic rings. The molecule has 0 unspecified atom stereocenters. The summed E-state index contributed by atoms with van der Waals surface area (Å²) >= 11 is 0. The summed E-state index contributed by atoms with van der Waals surface area (Å²) in [5, 5.41) is 2.75. The maximum Gasteiger partial charge on any atom is 0.255 e. The number of hydrogen-bond donors (Lipinski definition) is 2. The molecule has 1 aromatic heterocycles. The highest BCUT2D eigenvalue weighted by molar-refractivity contribution is 6.04. The molecule has 0 saturated carbocycles. The number of fused-ring (bicyclic) bond motifs is 1. The molecular weight excluding hydrogens is 245 g/mol. The topological polar surface area (TPSA) is 57.8 Å². The number of anilines is 1. The third kappa shape index (κ3) is 2.30. The molecule has 1 amide bonds. The molecule has 0 fully saturated rings. The number of halogens is 1. The predicted octanol–water partition coefficient (Wildman–Crippen LogP) is 2.95. The Balaban J connectivity index is 1.83. The van der Waals surface area contributed by atoms with Crippen LogP contribution in [0.4, 0.5) is 10.1 Å². The van der Waals surface area contributed by atoms with E-state index >= 15 is 0 Å². The van der Waals surface area contributed by atoms with E-state index in [9.17, 15) is 9.18 Å². The van der Waals surface area contributed by atoms with Crippen molar-refractivity contribution in [2.45, 2.75) is 0 Å². The lowest BCUT2D eigenvalue weighted by atomic mass is 10.2. The Kier molecular flexibility index (Phi) is 2.72. The fourth-order valence-corrected chi connectivity index (χ4v) is 1.82. The summed E-state index contributed by atoms with van der Waals surface area (Å²) in [5.41, 5.74) is 2.74. The lowest BCUT2D eigenvalue weighted by Crippen LogP contribution is -2.11. The van der Waals surface area contributed by atoms with E-state index in [0.717, 1.165) is 11.0 Å². The molecular formula is C14H10FN3O. The maximum absolute atomic E-state index is 12.8. The van der Waals surface area contributed by atoms with E-state index in [-0.39, 0.29) is 11.7 Å². The van der Waals surface area contributed by atoms with Crippen LogP contribution in [0, 0.1) is 5.82 Å². The van der Waals surface area contributed by atoms with Crippen LogP contribution in [0.2, 0.25) is 0 Å². The van der Waals surface area contributed by atoms with E-state index in [4.69, 9.17) is 0 Å². The van der Waals surface area contributed by atoms with Gasteiger partial charge in [-0.05, 0) is 42.5 Å². The molecule has 0 aliphatic rings. The SMILES string of the molecule is O=C(Nc1ccc2nc[nH]c2c1)c1ccc(F)cc1. The fraction of sp³-hybridized carbons (Fsp3) is 0. The minimum atomic E-state index is -0.365. The highest BCUT2D eigenvalue weighted by Crippen LogP contribution is 2.16. The summed E-state index contributed by atoms with van der Waals surface area (Å²) in [6.07, 6.45) is 1.59. The zero-order valence-corrected chi connectivity index (χ0v) is 9.85. The third-order valence-corrected chi connectivity index (χ3v) is 2.78. The van der Waals surface area contributed by atoms with Gasteiger partial charge in [-0.25, -0.2) is 9.37 Å². The number of aromatic nitrogens is 2. The van der Waals surface area contributed by atoms with Gasteiger partial charge in [0.25, 0.3) is 5.91 Å². The zero-order valence-electron chi connectivity index (χ0n) is 9.85. The summed E-state index contributed by atoms with van der Waals surface area (Å²) in [6.45, 7) is 0. The number of rotatable bonds is 2. The molecule has 0 saturated heterocycles. The standard InChI is InChI=1S/C14H10FN3O/c15-10-3-1-9(2-4-10)14(19)18-11-5-6-12-13(7-11)17-8-16-12/h1-8H,(H,16,17)(H,18,19). The van der Waals surface area contributed by atoms with Crippen molar-refractivity contribution in [3.05, 3.63) is 60.2 Å². The average Bonchev–Trinajstić information content (AvgIpc) is 2.87. The summed E-state index contributed by atoms with van der Waals surface area (Å²) in [7, 11) is 0. The number of carbonyl (C=O) groups is 1. The molecule has 0 spiro atoms. The Labute approximate surface area is 108 Å². The van der Waals surface area contributed by atoms with E-state index < -0.39 is 0 Å². The highest BCUT2D eigenvalue weighted by atomic mass is 19.1. The molecule has 0 aliphatic carbocycles. The summed E-state index contributed by atoms with van der Waals surface area (Å²) in [4.78, 5) is 19.0. The minimum absolute atomic E-state index is 0.279. The van der Waals surface area contributed by atoms with Crippen molar-refractivity contribution in [3.63, 3.8) is 0 Å². The Morgan fingerprint density at radius 2 is 1.95 bits per heavy atom. The number of hydrogen-bond acceptors (Lipinski definition) is 2. The van der Waals surface area contributed by atoms with E-state index in [1.165, 1.54) is 24.3 Å². The van der Waals surface area contributed by atoms with Crippen LogP contribution in [0.25, 0.3) is 11.0 Å². The monoisotopic (exact) mass is 255 g/mol. The van der Waals surface area contributed by atoms with Crippen molar-refractivity contribution in [1.82, 2.24) is 9.97 Å². The molecule has 5 heteroatoms. The number of aromatic amines is 1. The van der Waals surface area contributed by atoms with Crippen molar-refractivity contribution in [2.75, 3.05) is 5.32 Å². The number of carbonyl (C=O) groups excluding carboxylic acids is 1. The normalized spacial score (nSPS) is 10.6. The van der Waals surface area contributed by atoms with E-state index in [0.29, 0.717) is 11.3 Å². The Bertz CT molecular complexity index is 734. The molecule has 0 aliphatic heterocycles. The van der Waals surface area contributed by atoms with Gasteiger partial charge in [-0.15, -0.1) is 0 Å². The quantitative estimate of drug-likeness (QED) is 0.739. The van der Waals surface area contributed by atoms with Crippen molar-refractivity contribution < 1.29 is 9.18 Å². The summed E-state index contributed by atoms with van der Waals surface area (Å²) < 4.78 is 12.8. The number of benzene rings is 2. The van der Waals surface area contributed by atoms with Gasteiger partial charge in [-0.1, -0.05) is 0 Å². The van der Waals surface area contributed by atoms with Gasteiger partial charge >= 0.3 is 0 Å². The second-order valence-electron chi connectivity index (χ2n) is 4.10. The third-order valence-electron chi connectivity index (χ3n) is 2.78. The number of amides is 1. The molecule has 19 heavy (non-hydrogen) atoms. The lowest BCUT2D eigenvalue weighted by molar-refractivity contribution is 0.102. The summed E-state index contributed by atoms with van der Waals surface area (Å²) in [5.74, 6) is -0.644. The first-order valence-corrected chi connectivity index (χ1v) is 5.72. The summed E-state index contributed by atoms with van der Waals surface area (Å²) in [6, 6.07) is 10.8. The van der Waals surface area contributed by atoms with Gasteiger partial charge in [0.15, 0.2) is 0 Å². The van der Waals surface area contributed by atoms with Crippen molar-refractivity contribution in [3.8, 4) is 0 Å². The first-order valence-electron chi connectivity index (χ1n) is 5.72. The smallest absolute Gasteiger partial charge is 0.255 e. The van der Waals surface area contributed by atoms with Crippen molar-refractivity contribution >= 4 is 22.6 Å². The highest BCUT2D eigenvalue weighted by Gasteiger charge is 2.06. The van der Waals surface area contributed by atoms with Crippen molar-refractivity contribution in [2.24, 2.45) is 0 Å². The van der Waals surface area contributed by atoms with Crippen LogP contribution in [-0.2, 0) is 0 Å². The van der Waals surface area contributed by atoms with Crippen LogP contribution in [0.1, 0.15) is 10.4 Å². The van der Waals surface area contributed by atoms with Crippen LogP contribution < -0.4 is 5.32 Å². The average molecular weight is 255 g/mol. The van der Waals surface area contributed by atoms with Gasteiger partial charge < -0.3 is 10.3 Å². The Morgan fingerprint density at radius 3 is 2.74 bits per heavy atom. The van der Waals surface area contributed by atoms with Crippen LogP contribution in [-0.4, -0.2) is 15.9 Å². The molecule has 0 atom stereocenters. The van der Waals surface area contributed by atoms with Crippen LogP contribution in [0.3, 0.4) is 0 Å². The number of nitrogens with one attached hydrogen (secondary N) is 2. The molecule has 94 valence electrons. The van der Waals surface area contributed by atoms with E-state index in [2.05, 4.69) is 15.3 Å². The van der Waals surface area contributed by atoms with Crippen LogP contribution in [0.15, 0.2) is 48.8 Å². The van der Waals surface area contributed by atoms with Gasteiger partial charge in [0.1, 0.15) is 5.82 Å². The Morgan fingerprint density at radius 1 is 1.16 bits per heavy atom. The molecule has 2 aromatic carbocycles. The van der Waals surface area contributed by atoms with Gasteiger partial charge in [-0.2, -0.15) is 0 Å². The van der Waals surface area contributed by atoms with Crippen LogP contribution >= 0.6 is 0 Å². The second-order valence-corrected chi connectivity index (χ2v) is 4.10. The molecule has 1 heterocycles. The van der Waals surface area contributed by atoms with Gasteiger partial charge in [0.2, 0.25) is 0 Å². The largest absolute Gasteiger partial charge is 0.345 e. The molecule has 3 rings (SSSR count). The van der Waals surface area contributed by atoms with Gasteiger partial charge in [-0.3, -0.25) is 4.79 Å². The fourth-order valence-electron chi connectivity index (χ4n) is 1.82. The first kappa shape index (κ1) is 11.4. The molecule has 0 bridgehead atoms. The van der Waals surface area contributed by atoms with E-state index in [1.54, 1.807) is 18.5 Å². The predicted molar refractivity (Wildman–Crippen MR) is 70.4 cm³/mol. The molecule has 0 radical (unpaired) electrons. The van der Waals surface area contributed by atoms with Crippen LogP contribution in [0.5, 0.6) is 0 Å². The lowest BCUT2D eigenvalue weighted by Gasteiger charge is -2.05. The second kappa shape index (κ2) is 4.53. The van der Waals surface area contributed by atoms with Gasteiger partial charge in [0.05, 0.1) is 17.4 Å². The maximum atomic E-state index is 12.8. The number of nitrogens with zero attached hydrogens (tertiary/aromatic N) is 1. The number of imidazole rings is 1. The number of H-pyrrole nitrogens is 1.